The lowest BCUT2D eigenvalue weighted by molar-refractivity contribution is 0.580. The van der Waals surface area contributed by atoms with Crippen molar-refractivity contribution in [1.82, 2.24) is 19.5 Å². The molecule has 0 aliphatic heterocycles. The van der Waals surface area contributed by atoms with Gasteiger partial charge in [-0.25, -0.2) is 19.2 Å². The van der Waals surface area contributed by atoms with Crippen molar-refractivity contribution in [2.24, 2.45) is 0 Å². The molecule has 0 atom stereocenters. The van der Waals surface area contributed by atoms with Crippen LogP contribution in [-0.2, 0) is 6.54 Å². The van der Waals surface area contributed by atoms with Crippen molar-refractivity contribution < 1.29 is 8.81 Å². The summed E-state index contributed by atoms with van der Waals surface area (Å²) in [6, 6.07) is 9.50. The molecule has 0 saturated carbocycles. The number of H-pyrrole nitrogens is 1. The van der Waals surface area contributed by atoms with Gasteiger partial charge in [0.1, 0.15) is 11.5 Å². The molecule has 0 amide bonds. The summed E-state index contributed by atoms with van der Waals surface area (Å²) in [5, 5.41) is 0. The van der Waals surface area contributed by atoms with E-state index in [1.807, 2.05) is 0 Å². The second-order valence-corrected chi connectivity index (χ2v) is 5.05. The van der Waals surface area contributed by atoms with E-state index in [-0.39, 0.29) is 18.1 Å². The highest BCUT2D eigenvalue weighted by molar-refractivity contribution is 5.69. The van der Waals surface area contributed by atoms with Crippen molar-refractivity contribution >= 4 is 11.3 Å². The van der Waals surface area contributed by atoms with Gasteiger partial charge >= 0.3 is 5.69 Å². The van der Waals surface area contributed by atoms with Crippen molar-refractivity contribution in [3.63, 3.8) is 0 Å². The Hall–Kier alpha value is -3.22. The molecule has 0 fully saturated rings. The Balaban J connectivity index is 1.77. The molecule has 6 nitrogen and oxygen atoms in total. The van der Waals surface area contributed by atoms with E-state index in [0.717, 1.165) is 5.56 Å². The Labute approximate surface area is 129 Å². The lowest BCUT2D eigenvalue weighted by Gasteiger charge is -2.03. The maximum atomic E-state index is 13.0. The van der Waals surface area contributed by atoms with Crippen molar-refractivity contribution in [1.29, 1.82) is 0 Å². The molecule has 4 rings (SSSR count). The van der Waals surface area contributed by atoms with E-state index in [2.05, 4.69) is 15.0 Å². The van der Waals surface area contributed by atoms with E-state index < -0.39 is 0 Å². The number of aromatic nitrogens is 4. The zero-order chi connectivity index (χ0) is 15.8. The number of hydrogen-bond acceptors (Lipinski definition) is 4. The van der Waals surface area contributed by atoms with E-state index in [0.29, 0.717) is 22.7 Å². The summed E-state index contributed by atoms with van der Waals surface area (Å²) in [6.07, 6.45) is 3.10. The molecule has 0 aliphatic carbocycles. The van der Waals surface area contributed by atoms with Gasteiger partial charge in [-0.2, -0.15) is 0 Å². The van der Waals surface area contributed by atoms with E-state index in [1.54, 1.807) is 36.7 Å². The first kappa shape index (κ1) is 13.4. The molecule has 1 N–H and O–H groups in total. The minimum absolute atomic E-state index is 0.286. The highest BCUT2D eigenvalue weighted by Gasteiger charge is 2.12. The fraction of sp³-hybridized carbons (Fsp3) is 0.0625. The number of halogens is 1. The van der Waals surface area contributed by atoms with Crippen LogP contribution < -0.4 is 5.69 Å². The number of fused-ring (bicyclic) bond motifs is 1. The van der Waals surface area contributed by atoms with E-state index in [4.69, 9.17) is 4.42 Å². The van der Waals surface area contributed by atoms with Crippen LogP contribution in [0.5, 0.6) is 0 Å². The second-order valence-electron chi connectivity index (χ2n) is 5.05. The molecule has 3 aromatic heterocycles. The maximum Gasteiger partial charge on any atom is 0.329 e. The fourth-order valence-corrected chi connectivity index (χ4v) is 2.39. The SMILES string of the molecule is O=c1[nH]c2nc(-c3ccco3)cnc2n1Cc1ccc(F)cc1. The molecule has 114 valence electrons. The zero-order valence-corrected chi connectivity index (χ0v) is 11.9. The third-order valence-corrected chi connectivity index (χ3v) is 3.51. The molecule has 23 heavy (non-hydrogen) atoms. The van der Waals surface area contributed by atoms with Gasteiger partial charge in [0.05, 0.1) is 19.0 Å². The van der Waals surface area contributed by atoms with Crippen molar-refractivity contribution in [2.45, 2.75) is 6.54 Å². The lowest BCUT2D eigenvalue weighted by atomic mass is 10.2. The summed E-state index contributed by atoms with van der Waals surface area (Å²) < 4.78 is 19.7. The molecule has 0 radical (unpaired) electrons. The van der Waals surface area contributed by atoms with Crippen molar-refractivity contribution in [2.75, 3.05) is 0 Å². The third kappa shape index (κ3) is 2.42. The highest BCUT2D eigenvalue weighted by Crippen LogP contribution is 2.18. The summed E-state index contributed by atoms with van der Waals surface area (Å²) in [6.45, 7) is 0.286. The molecular formula is C16H11FN4O2. The summed E-state index contributed by atoms with van der Waals surface area (Å²) in [7, 11) is 0. The summed E-state index contributed by atoms with van der Waals surface area (Å²) in [5.74, 6) is 0.259. The predicted octanol–water partition coefficient (Wildman–Crippen LogP) is 2.57. The molecule has 1 aromatic carbocycles. The minimum atomic E-state index is -0.319. The summed E-state index contributed by atoms with van der Waals surface area (Å²) in [4.78, 5) is 23.5. The van der Waals surface area contributed by atoms with Crippen molar-refractivity contribution in [3.8, 4) is 11.5 Å². The largest absolute Gasteiger partial charge is 0.463 e. The van der Waals surface area contributed by atoms with Gasteiger partial charge in [0.2, 0.25) is 0 Å². The first-order valence-corrected chi connectivity index (χ1v) is 6.94. The molecule has 0 saturated heterocycles. The van der Waals surface area contributed by atoms with Gasteiger partial charge < -0.3 is 4.42 Å². The van der Waals surface area contributed by atoms with Gasteiger partial charge in [0, 0.05) is 0 Å². The standard InChI is InChI=1S/C16H11FN4O2/c17-11-5-3-10(4-6-11)9-21-15-14(20-16(21)22)19-12(8-18-15)13-2-1-7-23-13/h1-8H,9H2,(H,19,20,22). The summed E-state index contributed by atoms with van der Waals surface area (Å²) >= 11 is 0. The Kier molecular flexibility index (Phi) is 3.04. The van der Waals surface area contributed by atoms with E-state index in [1.165, 1.54) is 16.7 Å². The molecule has 0 unspecified atom stereocenters. The number of hydrogen-bond donors (Lipinski definition) is 1. The molecule has 3 heterocycles. The van der Waals surface area contributed by atoms with E-state index >= 15 is 0 Å². The average molecular weight is 310 g/mol. The number of benzene rings is 1. The van der Waals surface area contributed by atoms with Crippen LogP contribution in [0.2, 0.25) is 0 Å². The minimum Gasteiger partial charge on any atom is -0.463 e. The summed E-state index contributed by atoms with van der Waals surface area (Å²) in [5.41, 5.74) is 1.84. The molecule has 4 aromatic rings. The Morgan fingerprint density at radius 2 is 2.04 bits per heavy atom. The topological polar surface area (TPSA) is 76.7 Å². The molecule has 7 heteroatoms. The van der Waals surface area contributed by atoms with Gasteiger partial charge in [0.25, 0.3) is 0 Å². The maximum absolute atomic E-state index is 13.0. The third-order valence-electron chi connectivity index (χ3n) is 3.51. The lowest BCUT2D eigenvalue weighted by Crippen LogP contribution is -2.17. The van der Waals surface area contributed by atoms with Crippen LogP contribution in [0.3, 0.4) is 0 Å². The smallest absolute Gasteiger partial charge is 0.329 e. The van der Waals surface area contributed by atoms with Crippen LogP contribution in [0.15, 0.2) is 58.1 Å². The van der Waals surface area contributed by atoms with Gasteiger partial charge in [-0.1, -0.05) is 12.1 Å². The number of imidazole rings is 1. The van der Waals surface area contributed by atoms with Gasteiger partial charge in [-0.3, -0.25) is 9.55 Å². The van der Waals surface area contributed by atoms with E-state index in [9.17, 15) is 9.18 Å². The molecule has 0 spiro atoms. The van der Waals surface area contributed by atoms with Gasteiger partial charge in [-0.15, -0.1) is 0 Å². The number of nitrogens with zero attached hydrogens (tertiary/aromatic N) is 3. The monoisotopic (exact) mass is 310 g/mol. The normalized spacial score (nSPS) is 11.2. The number of nitrogens with one attached hydrogen (secondary N) is 1. The number of aromatic amines is 1. The van der Waals surface area contributed by atoms with Crippen LogP contribution in [-0.4, -0.2) is 19.5 Å². The average Bonchev–Trinajstić information content (AvgIpc) is 3.18. The fourth-order valence-electron chi connectivity index (χ4n) is 2.39. The molecule has 0 bridgehead atoms. The molecule has 0 aliphatic rings. The number of rotatable bonds is 3. The second kappa shape index (κ2) is 5.20. The first-order chi connectivity index (χ1) is 11.2. The van der Waals surface area contributed by atoms with Crippen LogP contribution in [0.1, 0.15) is 5.56 Å². The van der Waals surface area contributed by atoms with Crippen LogP contribution in [0.4, 0.5) is 4.39 Å². The Bertz CT molecular complexity index is 1020. The quantitative estimate of drug-likeness (QED) is 0.631. The zero-order valence-electron chi connectivity index (χ0n) is 11.9. The van der Waals surface area contributed by atoms with Gasteiger partial charge in [-0.05, 0) is 29.8 Å². The van der Waals surface area contributed by atoms with Crippen molar-refractivity contribution in [3.05, 3.63) is 70.7 Å². The Morgan fingerprint density at radius 3 is 2.78 bits per heavy atom. The van der Waals surface area contributed by atoms with Crippen LogP contribution in [0, 0.1) is 5.82 Å². The predicted molar refractivity (Wildman–Crippen MR) is 81.4 cm³/mol. The van der Waals surface area contributed by atoms with Crippen LogP contribution >= 0.6 is 0 Å². The Morgan fingerprint density at radius 1 is 1.22 bits per heavy atom. The highest BCUT2D eigenvalue weighted by atomic mass is 19.1. The molecular weight excluding hydrogens is 299 g/mol. The number of furan rings is 1. The first-order valence-electron chi connectivity index (χ1n) is 6.94. The van der Waals surface area contributed by atoms with Crippen LogP contribution in [0.25, 0.3) is 22.7 Å². The van der Waals surface area contributed by atoms with Gasteiger partial charge in [0.15, 0.2) is 17.1 Å².